The summed E-state index contributed by atoms with van der Waals surface area (Å²) in [6, 6.07) is 0.486. The van der Waals surface area contributed by atoms with Crippen LogP contribution in [0.5, 0.6) is 0 Å². The molecule has 0 aromatic carbocycles. The van der Waals surface area contributed by atoms with Crippen LogP contribution in [-0.4, -0.2) is 53.1 Å². The predicted molar refractivity (Wildman–Crippen MR) is 137 cm³/mol. The maximum Gasteiger partial charge on any atom is 0.317 e. The lowest BCUT2D eigenvalue weighted by Crippen LogP contribution is -2.54. The molecule has 1 aliphatic heterocycles. The minimum Gasteiger partial charge on any atom is -0.352 e. The Balaban J connectivity index is 1.37. The minimum absolute atomic E-state index is 0.122. The highest BCUT2D eigenvalue weighted by Gasteiger charge is 2.29. The number of anilines is 1. The van der Waals surface area contributed by atoms with Crippen LogP contribution >= 0.6 is 11.3 Å². The van der Waals surface area contributed by atoms with Crippen LogP contribution in [0.25, 0.3) is 10.2 Å². The number of urea groups is 1. The van der Waals surface area contributed by atoms with Gasteiger partial charge in [0.25, 0.3) is 0 Å². The summed E-state index contributed by atoms with van der Waals surface area (Å²) in [5.41, 5.74) is 1.50. The van der Waals surface area contributed by atoms with Gasteiger partial charge >= 0.3 is 6.03 Å². The summed E-state index contributed by atoms with van der Waals surface area (Å²) in [7, 11) is 0. The summed E-state index contributed by atoms with van der Waals surface area (Å²) in [5, 5.41) is 4.59. The van der Waals surface area contributed by atoms with E-state index >= 15 is 0 Å². The van der Waals surface area contributed by atoms with Crippen molar-refractivity contribution in [1.82, 2.24) is 20.2 Å². The Kier molecular flexibility index (Phi) is 6.77. The number of nitrogens with one attached hydrogen (secondary N) is 1. The smallest absolute Gasteiger partial charge is 0.317 e. The van der Waals surface area contributed by atoms with E-state index in [0.29, 0.717) is 12.0 Å². The van der Waals surface area contributed by atoms with E-state index < -0.39 is 0 Å². The van der Waals surface area contributed by atoms with Gasteiger partial charge in [0.15, 0.2) is 0 Å². The Labute approximate surface area is 202 Å². The largest absolute Gasteiger partial charge is 0.352 e. The molecule has 2 amide bonds. The molecule has 180 valence electrons. The molecule has 1 saturated heterocycles. The number of rotatable bonds is 4. The molecule has 1 N–H and O–H groups in total. The Morgan fingerprint density at radius 2 is 1.88 bits per heavy atom. The van der Waals surface area contributed by atoms with Crippen molar-refractivity contribution in [3.8, 4) is 0 Å². The molecule has 1 saturated carbocycles. The van der Waals surface area contributed by atoms with Crippen LogP contribution in [0.1, 0.15) is 87.9 Å². The van der Waals surface area contributed by atoms with Crippen molar-refractivity contribution < 1.29 is 4.79 Å². The van der Waals surface area contributed by atoms with Gasteiger partial charge in [-0.1, -0.05) is 40.0 Å². The van der Waals surface area contributed by atoms with Crippen LogP contribution in [0, 0.1) is 5.92 Å². The van der Waals surface area contributed by atoms with Gasteiger partial charge in [0.2, 0.25) is 0 Å². The fourth-order valence-corrected chi connectivity index (χ4v) is 6.99. The van der Waals surface area contributed by atoms with Crippen molar-refractivity contribution in [3.05, 3.63) is 16.3 Å². The zero-order chi connectivity index (χ0) is 22.9. The number of thiophene rings is 1. The molecule has 2 aromatic heterocycles. The second kappa shape index (κ2) is 9.77. The molecular formula is C26H39N5OS. The molecule has 6 nitrogen and oxygen atoms in total. The summed E-state index contributed by atoms with van der Waals surface area (Å²) >= 11 is 1.90. The third-order valence-corrected chi connectivity index (χ3v) is 9.15. The zero-order valence-corrected chi connectivity index (χ0v) is 21.3. The minimum atomic E-state index is 0.122. The Hall–Kier alpha value is -1.89. The van der Waals surface area contributed by atoms with Crippen molar-refractivity contribution in [1.29, 1.82) is 0 Å². The van der Waals surface area contributed by atoms with Gasteiger partial charge in [0.1, 0.15) is 16.5 Å². The zero-order valence-electron chi connectivity index (χ0n) is 20.5. The van der Waals surface area contributed by atoms with E-state index in [2.05, 4.69) is 31.0 Å². The standard InChI is InChI=1S/C26H39N5OS/c1-4-18(3)23-28-24(22-20-11-10-17(2)16-21(20)33-25(22)29-23)30-12-14-31(15-13-30)26(32)27-19-8-6-5-7-9-19/h17-19H,4-16H2,1-3H3,(H,27,32). The molecule has 3 aliphatic rings. The van der Waals surface area contributed by atoms with Gasteiger partial charge in [-0.15, -0.1) is 11.3 Å². The summed E-state index contributed by atoms with van der Waals surface area (Å²) in [4.78, 5) is 30.2. The number of nitrogens with zero attached hydrogens (tertiary/aromatic N) is 4. The number of hydrogen-bond donors (Lipinski definition) is 1. The molecular weight excluding hydrogens is 430 g/mol. The molecule has 0 spiro atoms. The molecule has 2 aliphatic carbocycles. The summed E-state index contributed by atoms with van der Waals surface area (Å²) < 4.78 is 0. The first-order chi connectivity index (χ1) is 16.0. The quantitative estimate of drug-likeness (QED) is 0.643. The molecule has 3 heterocycles. The fourth-order valence-electron chi connectivity index (χ4n) is 5.61. The molecule has 0 radical (unpaired) electrons. The highest BCUT2D eigenvalue weighted by Crippen LogP contribution is 2.42. The van der Waals surface area contributed by atoms with E-state index in [4.69, 9.17) is 9.97 Å². The monoisotopic (exact) mass is 469 g/mol. The fraction of sp³-hybridized carbons (Fsp3) is 0.731. The van der Waals surface area contributed by atoms with Crippen LogP contribution < -0.4 is 10.2 Å². The van der Waals surface area contributed by atoms with Gasteiger partial charge in [-0.25, -0.2) is 14.8 Å². The van der Waals surface area contributed by atoms with Crippen molar-refractivity contribution in [2.45, 2.75) is 90.5 Å². The molecule has 2 atom stereocenters. The van der Waals surface area contributed by atoms with E-state index in [0.717, 1.165) is 69.4 Å². The van der Waals surface area contributed by atoms with E-state index in [1.165, 1.54) is 52.8 Å². The molecule has 2 aromatic rings. The number of aryl methyl sites for hydroxylation is 1. The van der Waals surface area contributed by atoms with Gasteiger partial charge in [-0.2, -0.15) is 0 Å². The van der Waals surface area contributed by atoms with Crippen molar-refractivity contribution in [2.24, 2.45) is 5.92 Å². The first-order valence-corrected chi connectivity index (χ1v) is 14.0. The van der Waals surface area contributed by atoms with Gasteiger partial charge in [0, 0.05) is 43.0 Å². The third-order valence-electron chi connectivity index (χ3n) is 8.01. The number of amides is 2. The summed E-state index contributed by atoms with van der Waals surface area (Å²) in [6.07, 6.45) is 10.7. The molecule has 0 bridgehead atoms. The number of hydrogen-bond acceptors (Lipinski definition) is 5. The number of fused-ring (bicyclic) bond motifs is 3. The average molecular weight is 470 g/mol. The lowest BCUT2D eigenvalue weighted by Gasteiger charge is -2.37. The highest BCUT2D eigenvalue weighted by atomic mass is 32.1. The summed E-state index contributed by atoms with van der Waals surface area (Å²) in [6.45, 7) is 9.99. The van der Waals surface area contributed by atoms with Crippen LogP contribution in [0.15, 0.2) is 0 Å². The second-order valence-electron chi connectivity index (χ2n) is 10.5. The number of carbonyl (C=O) groups is 1. The van der Waals surface area contributed by atoms with Crippen LogP contribution in [0.3, 0.4) is 0 Å². The van der Waals surface area contributed by atoms with Crippen molar-refractivity contribution in [2.75, 3.05) is 31.1 Å². The average Bonchev–Trinajstić information content (AvgIpc) is 3.21. The van der Waals surface area contributed by atoms with Gasteiger partial charge in [-0.05, 0) is 50.0 Å². The van der Waals surface area contributed by atoms with Crippen LogP contribution in [0.4, 0.5) is 10.6 Å². The van der Waals surface area contributed by atoms with E-state index in [1.54, 1.807) is 0 Å². The van der Waals surface area contributed by atoms with Gasteiger partial charge in [0.05, 0.1) is 5.39 Å². The summed E-state index contributed by atoms with van der Waals surface area (Å²) in [5.74, 6) is 3.20. The lowest BCUT2D eigenvalue weighted by molar-refractivity contribution is 0.186. The predicted octanol–water partition coefficient (Wildman–Crippen LogP) is 5.49. The van der Waals surface area contributed by atoms with Gasteiger partial charge < -0.3 is 15.1 Å². The molecule has 2 unspecified atom stereocenters. The maximum atomic E-state index is 12.9. The topological polar surface area (TPSA) is 61.4 Å². The lowest BCUT2D eigenvalue weighted by atomic mass is 9.89. The normalized spacial score (nSPS) is 22.9. The Bertz CT molecular complexity index is 990. The van der Waals surface area contributed by atoms with Crippen LogP contribution in [-0.2, 0) is 12.8 Å². The number of piperazine rings is 1. The Morgan fingerprint density at radius 3 is 2.61 bits per heavy atom. The Morgan fingerprint density at radius 1 is 1.12 bits per heavy atom. The highest BCUT2D eigenvalue weighted by molar-refractivity contribution is 7.19. The first-order valence-electron chi connectivity index (χ1n) is 13.2. The third kappa shape index (κ3) is 4.71. The van der Waals surface area contributed by atoms with Crippen LogP contribution in [0.2, 0.25) is 0 Å². The maximum absolute atomic E-state index is 12.9. The van der Waals surface area contributed by atoms with E-state index in [1.807, 2.05) is 16.2 Å². The molecule has 7 heteroatoms. The van der Waals surface area contributed by atoms with E-state index in [-0.39, 0.29) is 6.03 Å². The first kappa shape index (κ1) is 22.9. The van der Waals surface area contributed by atoms with Gasteiger partial charge in [-0.3, -0.25) is 0 Å². The number of carbonyl (C=O) groups excluding carboxylic acids is 1. The molecule has 2 fully saturated rings. The van der Waals surface area contributed by atoms with Crippen molar-refractivity contribution in [3.63, 3.8) is 0 Å². The molecule has 33 heavy (non-hydrogen) atoms. The number of aromatic nitrogens is 2. The SMILES string of the molecule is CCC(C)c1nc(N2CCN(C(=O)NC3CCCCC3)CC2)c2c3c(sc2n1)CC(C)CC3. The molecule has 5 rings (SSSR count). The van der Waals surface area contributed by atoms with Crippen molar-refractivity contribution >= 4 is 33.4 Å². The van der Waals surface area contributed by atoms with E-state index in [9.17, 15) is 4.79 Å². The second-order valence-corrected chi connectivity index (χ2v) is 11.6.